The number of oxime groups is 1. The number of hydrogen-bond acceptors (Lipinski definition) is 4. The summed E-state index contributed by atoms with van der Waals surface area (Å²) in [6.07, 6.45) is 2.06. The number of carbonyl (C=O) groups excluding carboxylic acids is 2. The average molecular weight is 266 g/mol. The van der Waals surface area contributed by atoms with Crippen molar-refractivity contribution in [3.8, 4) is 0 Å². The summed E-state index contributed by atoms with van der Waals surface area (Å²) in [4.78, 5) is 25.1. The molecule has 19 heavy (non-hydrogen) atoms. The summed E-state index contributed by atoms with van der Waals surface area (Å²) in [5.74, 6) is -0.519. The van der Waals surface area contributed by atoms with Gasteiger partial charge in [-0.2, -0.15) is 0 Å². The molecule has 2 aliphatic carbocycles. The standard InChI is InChI=1S/C14H22N2O3/c1-5-8-15-11(18)14-7-6-13(4,12(14,2)3)9(16-19)10(14)17/h19H,5-8H2,1-4H3,(H,15,18). The Hall–Kier alpha value is -1.39. The highest BCUT2D eigenvalue weighted by Crippen LogP contribution is 2.69. The molecule has 2 saturated carbocycles. The SMILES string of the molecule is CCCNC(=O)C12CCC(C)(C(=NO)C1=O)C2(C)C. The number of carbonyl (C=O) groups is 2. The Kier molecular flexibility index (Phi) is 2.99. The van der Waals surface area contributed by atoms with E-state index in [1.165, 1.54) is 0 Å². The fourth-order valence-corrected chi connectivity index (χ4v) is 3.84. The Balaban J connectivity index is 2.51. The van der Waals surface area contributed by atoms with Crippen molar-refractivity contribution < 1.29 is 14.8 Å². The zero-order valence-electron chi connectivity index (χ0n) is 12.0. The van der Waals surface area contributed by atoms with Crippen LogP contribution in [-0.4, -0.2) is 29.2 Å². The van der Waals surface area contributed by atoms with Crippen LogP contribution in [0.4, 0.5) is 0 Å². The van der Waals surface area contributed by atoms with Crippen molar-refractivity contribution in [3.05, 3.63) is 0 Å². The lowest BCUT2D eigenvalue weighted by Gasteiger charge is -2.37. The van der Waals surface area contributed by atoms with E-state index >= 15 is 0 Å². The zero-order chi connectivity index (χ0) is 14.5. The number of fused-ring (bicyclic) bond motifs is 2. The van der Waals surface area contributed by atoms with Gasteiger partial charge in [-0.25, -0.2) is 0 Å². The van der Waals surface area contributed by atoms with Crippen LogP contribution in [0.1, 0.15) is 47.0 Å². The van der Waals surface area contributed by atoms with E-state index in [2.05, 4.69) is 10.5 Å². The predicted octanol–water partition coefficient (Wildman–Crippen LogP) is 1.74. The van der Waals surface area contributed by atoms with Gasteiger partial charge in [-0.05, 0) is 24.7 Å². The summed E-state index contributed by atoms with van der Waals surface area (Å²) < 4.78 is 0. The van der Waals surface area contributed by atoms with Gasteiger partial charge in [0, 0.05) is 12.0 Å². The van der Waals surface area contributed by atoms with Crippen molar-refractivity contribution in [2.75, 3.05) is 6.54 Å². The lowest BCUT2D eigenvalue weighted by Crippen LogP contribution is -2.50. The number of nitrogens with zero attached hydrogens (tertiary/aromatic N) is 1. The Morgan fingerprint density at radius 1 is 1.37 bits per heavy atom. The third-order valence-electron chi connectivity index (χ3n) is 5.59. The molecule has 2 atom stereocenters. The van der Waals surface area contributed by atoms with Crippen LogP contribution in [-0.2, 0) is 9.59 Å². The van der Waals surface area contributed by atoms with Gasteiger partial charge in [-0.15, -0.1) is 0 Å². The molecular formula is C14H22N2O3. The second-order valence-corrected chi connectivity index (χ2v) is 6.40. The van der Waals surface area contributed by atoms with Gasteiger partial charge >= 0.3 is 0 Å². The Bertz CT molecular complexity index is 469. The Morgan fingerprint density at radius 3 is 2.47 bits per heavy atom. The third-order valence-corrected chi connectivity index (χ3v) is 5.59. The first-order valence-electron chi connectivity index (χ1n) is 6.85. The molecular weight excluding hydrogens is 244 g/mol. The van der Waals surface area contributed by atoms with E-state index in [1.54, 1.807) is 0 Å². The number of ketones is 1. The molecule has 2 rings (SSSR count). The highest BCUT2D eigenvalue weighted by atomic mass is 16.4. The minimum absolute atomic E-state index is 0.162. The topological polar surface area (TPSA) is 78.8 Å². The molecule has 0 heterocycles. The van der Waals surface area contributed by atoms with Crippen LogP contribution >= 0.6 is 0 Å². The minimum atomic E-state index is -1.07. The molecule has 2 bridgehead atoms. The van der Waals surface area contributed by atoms with Gasteiger partial charge in [0.15, 0.2) is 5.78 Å². The molecule has 0 aromatic carbocycles. The average Bonchev–Trinajstić information content (AvgIpc) is 2.63. The van der Waals surface area contributed by atoms with Gasteiger partial charge in [0.05, 0.1) is 0 Å². The normalized spacial score (nSPS) is 37.9. The van der Waals surface area contributed by atoms with Crippen LogP contribution in [0.5, 0.6) is 0 Å². The number of nitrogens with one attached hydrogen (secondary N) is 1. The van der Waals surface area contributed by atoms with Crippen LogP contribution in [0.15, 0.2) is 5.16 Å². The summed E-state index contributed by atoms with van der Waals surface area (Å²) in [6, 6.07) is 0. The van der Waals surface area contributed by atoms with E-state index in [0.717, 1.165) is 6.42 Å². The van der Waals surface area contributed by atoms with Gasteiger partial charge in [0.1, 0.15) is 11.1 Å². The van der Waals surface area contributed by atoms with E-state index in [-0.39, 0.29) is 17.4 Å². The highest BCUT2D eigenvalue weighted by Gasteiger charge is 2.76. The smallest absolute Gasteiger partial charge is 0.234 e. The molecule has 0 saturated heterocycles. The second kappa shape index (κ2) is 4.05. The lowest BCUT2D eigenvalue weighted by molar-refractivity contribution is -0.143. The van der Waals surface area contributed by atoms with Gasteiger partial charge < -0.3 is 10.5 Å². The molecule has 0 radical (unpaired) electrons. The van der Waals surface area contributed by atoms with Gasteiger partial charge in [-0.1, -0.05) is 32.9 Å². The summed E-state index contributed by atoms with van der Waals surface area (Å²) in [5, 5.41) is 15.2. The summed E-state index contributed by atoms with van der Waals surface area (Å²) >= 11 is 0. The molecule has 0 aromatic rings. The number of rotatable bonds is 3. The fourth-order valence-electron chi connectivity index (χ4n) is 3.84. The van der Waals surface area contributed by atoms with Crippen LogP contribution in [0, 0.1) is 16.2 Å². The van der Waals surface area contributed by atoms with Crippen molar-refractivity contribution in [2.45, 2.75) is 47.0 Å². The zero-order valence-corrected chi connectivity index (χ0v) is 12.0. The van der Waals surface area contributed by atoms with Crippen LogP contribution < -0.4 is 5.32 Å². The largest absolute Gasteiger partial charge is 0.411 e. The summed E-state index contributed by atoms with van der Waals surface area (Å²) in [6.45, 7) is 8.32. The van der Waals surface area contributed by atoms with E-state index in [4.69, 9.17) is 5.21 Å². The van der Waals surface area contributed by atoms with Crippen molar-refractivity contribution >= 4 is 17.4 Å². The van der Waals surface area contributed by atoms with E-state index in [9.17, 15) is 9.59 Å². The first-order valence-corrected chi connectivity index (χ1v) is 6.85. The first-order chi connectivity index (χ1) is 8.79. The van der Waals surface area contributed by atoms with Crippen LogP contribution in [0.25, 0.3) is 0 Å². The molecule has 5 nitrogen and oxygen atoms in total. The number of Topliss-reactive ketones (excluding diaryl/α,β-unsaturated/α-hetero) is 1. The van der Waals surface area contributed by atoms with Crippen molar-refractivity contribution in [2.24, 2.45) is 21.4 Å². The van der Waals surface area contributed by atoms with E-state index in [1.807, 2.05) is 27.7 Å². The third kappa shape index (κ3) is 1.33. The highest BCUT2D eigenvalue weighted by molar-refractivity contribution is 6.50. The molecule has 2 N–H and O–H groups in total. The molecule has 2 unspecified atom stereocenters. The maximum absolute atomic E-state index is 12.6. The lowest BCUT2D eigenvalue weighted by atomic mass is 9.64. The summed E-state index contributed by atoms with van der Waals surface area (Å²) in [7, 11) is 0. The first kappa shape index (κ1) is 14.0. The molecule has 2 aliphatic rings. The predicted molar refractivity (Wildman–Crippen MR) is 71.1 cm³/mol. The number of hydrogen-bond donors (Lipinski definition) is 2. The van der Waals surface area contributed by atoms with Crippen LogP contribution in [0.3, 0.4) is 0 Å². The molecule has 1 amide bonds. The molecule has 2 fully saturated rings. The molecule has 0 aromatic heterocycles. The minimum Gasteiger partial charge on any atom is -0.411 e. The van der Waals surface area contributed by atoms with Gasteiger partial charge in [-0.3, -0.25) is 9.59 Å². The monoisotopic (exact) mass is 266 g/mol. The van der Waals surface area contributed by atoms with Crippen molar-refractivity contribution in [3.63, 3.8) is 0 Å². The van der Waals surface area contributed by atoms with Crippen LogP contribution in [0.2, 0.25) is 0 Å². The fraction of sp³-hybridized carbons (Fsp3) is 0.786. The van der Waals surface area contributed by atoms with Gasteiger partial charge in [0.25, 0.3) is 0 Å². The molecule has 0 spiro atoms. The number of amides is 1. The second-order valence-electron chi connectivity index (χ2n) is 6.40. The maximum atomic E-state index is 12.6. The summed E-state index contributed by atoms with van der Waals surface area (Å²) in [5.41, 5.74) is -1.97. The van der Waals surface area contributed by atoms with Crippen molar-refractivity contribution in [1.29, 1.82) is 0 Å². The van der Waals surface area contributed by atoms with Crippen molar-refractivity contribution in [1.82, 2.24) is 5.32 Å². The Morgan fingerprint density at radius 2 is 2.00 bits per heavy atom. The molecule has 0 aliphatic heterocycles. The van der Waals surface area contributed by atoms with Gasteiger partial charge in [0.2, 0.25) is 5.91 Å². The Labute approximate surface area is 113 Å². The molecule has 106 valence electrons. The van der Waals surface area contributed by atoms with E-state index < -0.39 is 16.2 Å². The quantitative estimate of drug-likeness (QED) is 0.464. The molecule has 5 heteroatoms. The van der Waals surface area contributed by atoms with E-state index in [0.29, 0.717) is 19.4 Å². The maximum Gasteiger partial charge on any atom is 0.234 e.